The predicted octanol–water partition coefficient (Wildman–Crippen LogP) is 2.91. The minimum atomic E-state index is 0.517. The summed E-state index contributed by atoms with van der Waals surface area (Å²) < 4.78 is 0. The van der Waals surface area contributed by atoms with Gasteiger partial charge in [0.25, 0.3) is 0 Å². The van der Waals surface area contributed by atoms with Crippen molar-refractivity contribution in [2.24, 2.45) is 0 Å². The highest BCUT2D eigenvalue weighted by molar-refractivity contribution is 5.94. The smallest absolute Gasteiger partial charge is 0.139 e. The molecule has 0 saturated heterocycles. The first-order valence-electron chi connectivity index (χ1n) is 6.48. The van der Waals surface area contributed by atoms with Crippen LogP contribution in [0.2, 0.25) is 0 Å². The number of benzene rings is 1. The Labute approximate surface area is 116 Å². The minimum Gasteiger partial charge on any atom is -0.383 e. The Balaban J connectivity index is 2.08. The molecule has 0 spiro atoms. The second-order valence-corrected chi connectivity index (χ2v) is 4.47. The van der Waals surface area contributed by atoms with Crippen LogP contribution in [0.25, 0.3) is 10.8 Å². The van der Waals surface area contributed by atoms with E-state index in [1.54, 1.807) is 6.20 Å². The van der Waals surface area contributed by atoms with Crippen LogP contribution in [0, 0.1) is 0 Å². The number of nitrogens with two attached hydrogens (primary N) is 1. The highest BCUT2D eigenvalue weighted by atomic mass is 15.0. The van der Waals surface area contributed by atoms with Crippen molar-refractivity contribution in [2.45, 2.75) is 13.3 Å². The average molecular weight is 265 g/mol. The van der Waals surface area contributed by atoms with Crippen LogP contribution < -0.4 is 11.1 Å². The Hall–Kier alpha value is -2.69. The third-order valence-corrected chi connectivity index (χ3v) is 3.27. The summed E-state index contributed by atoms with van der Waals surface area (Å²) in [6.45, 7) is 2.03. The van der Waals surface area contributed by atoms with Gasteiger partial charge in [-0.25, -0.2) is 9.97 Å². The van der Waals surface area contributed by atoms with Crippen LogP contribution in [-0.2, 0) is 6.42 Å². The Morgan fingerprint density at radius 1 is 1.20 bits per heavy atom. The molecule has 100 valence electrons. The van der Waals surface area contributed by atoms with Gasteiger partial charge in [-0.2, -0.15) is 0 Å². The van der Waals surface area contributed by atoms with E-state index in [1.807, 2.05) is 31.3 Å². The van der Waals surface area contributed by atoms with E-state index < -0.39 is 0 Å². The number of rotatable bonds is 3. The van der Waals surface area contributed by atoms with E-state index in [1.165, 1.54) is 6.33 Å². The molecule has 0 aliphatic heterocycles. The number of pyridine rings is 1. The predicted molar refractivity (Wildman–Crippen MR) is 80.8 cm³/mol. The van der Waals surface area contributed by atoms with Crippen molar-refractivity contribution in [3.8, 4) is 0 Å². The van der Waals surface area contributed by atoms with E-state index in [0.29, 0.717) is 5.82 Å². The van der Waals surface area contributed by atoms with Gasteiger partial charge < -0.3 is 11.1 Å². The topological polar surface area (TPSA) is 76.7 Å². The van der Waals surface area contributed by atoms with Crippen molar-refractivity contribution in [3.63, 3.8) is 0 Å². The summed E-state index contributed by atoms with van der Waals surface area (Å²) in [6.07, 6.45) is 5.87. The van der Waals surface area contributed by atoms with Gasteiger partial charge in [0.15, 0.2) is 0 Å². The Kier molecular flexibility index (Phi) is 3.16. The number of anilines is 3. The fraction of sp³-hybridized carbons (Fsp3) is 0.133. The van der Waals surface area contributed by atoms with E-state index >= 15 is 0 Å². The van der Waals surface area contributed by atoms with Crippen molar-refractivity contribution < 1.29 is 0 Å². The maximum atomic E-state index is 5.89. The van der Waals surface area contributed by atoms with Crippen LogP contribution in [0.15, 0.2) is 43.0 Å². The lowest BCUT2D eigenvalue weighted by atomic mass is 10.1. The molecule has 3 N–H and O–H groups in total. The summed E-state index contributed by atoms with van der Waals surface area (Å²) in [6, 6.07) is 8.04. The quantitative estimate of drug-likeness (QED) is 0.761. The Morgan fingerprint density at radius 3 is 2.95 bits per heavy atom. The lowest BCUT2D eigenvalue weighted by Gasteiger charge is -2.12. The van der Waals surface area contributed by atoms with Crippen LogP contribution in [0.3, 0.4) is 0 Å². The van der Waals surface area contributed by atoms with Crippen molar-refractivity contribution in [1.29, 1.82) is 0 Å². The maximum absolute atomic E-state index is 5.89. The molecule has 0 aliphatic rings. The molecule has 0 atom stereocenters. The van der Waals surface area contributed by atoms with Gasteiger partial charge >= 0.3 is 0 Å². The molecule has 0 aliphatic carbocycles. The van der Waals surface area contributed by atoms with E-state index in [2.05, 4.69) is 26.3 Å². The first-order valence-corrected chi connectivity index (χ1v) is 6.48. The first kappa shape index (κ1) is 12.3. The number of nitrogens with zero attached hydrogens (tertiary/aromatic N) is 3. The molecule has 2 aromatic heterocycles. The monoisotopic (exact) mass is 265 g/mol. The molecule has 1 aromatic carbocycles. The number of fused-ring (bicyclic) bond motifs is 1. The van der Waals surface area contributed by atoms with Gasteiger partial charge in [-0.3, -0.25) is 4.98 Å². The van der Waals surface area contributed by atoms with Gasteiger partial charge in [-0.15, -0.1) is 0 Å². The van der Waals surface area contributed by atoms with Gasteiger partial charge in [0, 0.05) is 29.0 Å². The summed E-state index contributed by atoms with van der Waals surface area (Å²) >= 11 is 0. The fourth-order valence-corrected chi connectivity index (χ4v) is 2.23. The summed E-state index contributed by atoms with van der Waals surface area (Å²) in [5.41, 5.74) is 7.78. The van der Waals surface area contributed by atoms with Crippen molar-refractivity contribution in [3.05, 3.63) is 48.5 Å². The van der Waals surface area contributed by atoms with Crippen LogP contribution in [0.4, 0.5) is 17.3 Å². The number of hydrogen-bond acceptors (Lipinski definition) is 5. The van der Waals surface area contributed by atoms with Gasteiger partial charge in [0.1, 0.15) is 18.0 Å². The molecule has 5 nitrogen and oxygen atoms in total. The van der Waals surface area contributed by atoms with Crippen molar-refractivity contribution in [2.75, 3.05) is 11.1 Å². The number of nitrogen functional groups attached to an aromatic ring is 1. The van der Waals surface area contributed by atoms with E-state index in [-0.39, 0.29) is 0 Å². The SMILES string of the molecule is CCc1c(N)ncnc1Nc1cccc2ccncc12. The van der Waals surface area contributed by atoms with E-state index in [0.717, 1.165) is 34.3 Å². The summed E-state index contributed by atoms with van der Waals surface area (Å²) in [7, 11) is 0. The van der Waals surface area contributed by atoms with Crippen molar-refractivity contribution >= 4 is 28.1 Å². The van der Waals surface area contributed by atoms with Gasteiger partial charge in [0.05, 0.1) is 0 Å². The molecule has 2 heterocycles. The second-order valence-electron chi connectivity index (χ2n) is 4.47. The third kappa shape index (κ3) is 2.14. The molecular formula is C15H15N5. The standard InChI is InChI=1S/C15H15N5/c1-2-11-14(16)18-9-19-15(11)20-13-5-3-4-10-6-7-17-8-12(10)13/h3-9H,2H2,1H3,(H3,16,18,19,20). The molecule has 0 amide bonds. The molecule has 5 heteroatoms. The highest BCUT2D eigenvalue weighted by Gasteiger charge is 2.09. The fourth-order valence-electron chi connectivity index (χ4n) is 2.23. The summed E-state index contributed by atoms with van der Waals surface area (Å²) in [4.78, 5) is 12.5. The molecule has 0 bridgehead atoms. The zero-order valence-corrected chi connectivity index (χ0v) is 11.2. The van der Waals surface area contributed by atoms with Crippen molar-refractivity contribution in [1.82, 2.24) is 15.0 Å². The molecule has 0 fully saturated rings. The molecule has 0 saturated carbocycles. The maximum Gasteiger partial charge on any atom is 0.139 e. The Bertz CT molecular complexity index is 749. The molecule has 0 radical (unpaired) electrons. The molecular weight excluding hydrogens is 250 g/mol. The lowest BCUT2D eigenvalue weighted by Crippen LogP contribution is -2.04. The summed E-state index contributed by atoms with van der Waals surface area (Å²) in [5, 5.41) is 5.52. The molecule has 3 aromatic rings. The van der Waals surface area contributed by atoms with E-state index in [9.17, 15) is 0 Å². The largest absolute Gasteiger partial charge is 0.383 e. The molecule has 20 heavy (non-hydrogen) atoms. The Morgan fingerprint density at radius 2 is 2.10 bits per heavy atom. The van der Waals surface area contributed by atoms with E-state index in [4.69, 9.17) is 5.73 Å². The van der Waals surface area contributed by atoms with Crippen LogP contribution in [-0.4, -0.2) is 15.0 Å². The highest BCUT2D eigenvalue weighted by Crippen LogP contribution is 2.27. The molecule has 3 rings (SSSR count). The van der Waals surface area contributed by atoms with Gasteiger partial charge in [0.2, 0.25) is 0 Å². The third-order valence-electron chi connectivity index (χ3n) is 3.27. The first-order chi connectivity index (χ1) is 9.79. The molecule has 0 unspecified atom stereocenters. The normalized spacial score (nSPS) is 10.7. The van der Waals surface area contributed by atoms with Gasteiger partial charge in [-0.05, 0) is 23.9 Å². The van der Waals surface area contributed by atoms with Crippen LogP contribution >= 0.6 is 0 Å². The van der Waals surface area contributed by atoms with Crippen LogP contribution in [0.1, 0.15) is 12.5 Å². The number of nitrogens with one attached hydrogen (secondary N) is 1. The number of aromatic nitrogens is 3. The van der Waals surface area contributed by atoms with Gasteiger partial charge in [-0.1, -0.05) is 19.1 Å². The number of hydrogen-bond donors (Lipinski definition) is 2. The lowest BCUT2D eigenvalue weighted by molar-refractivity contribution is 1.06. The summed E-state index contributed by atoms with van der Waals surface area (Å²) in [5.74, 6) is 1.26. The average Bonchev–Trinajstić information content (AvgIpc) is 2.48. The van der Waals surface area contributed by atoms with Crippen LogP contribution in [0.5, 0.6) is 0 Å². The second kappa shape index (κ2) is 5.13. The zero-order chi connectivity index (χ0) is 13.9. The zero-order valence-electron chi connectivity index (χ0n) is 11.2. The minimum absolute atomic E-state index is 0.517.